The van der Waals surface area contributed by atoms with Crippen molar-refractivity contribution in [3.8, 4) is 0 Å². The molecule has 4 nitrogen and oxygen atoms in total. The van der Waals surface area contributed by atoms with Crippen LogP contribution in [-0.4, -0.2) is 16.3 Å². The Bertz CT molecular complexity index is 389. The van der Waals surface area contributed by atoms with Crippen LogP contribution >= 0.6 is 0 Å². The maximum Gasteiger partial charge on any atom is 0.148 e. The van der Waals surface area contributed by atoms with Gasteiger partial charge in [-0.3, -0.25) is 0 Å². The summed E-state index contributed by atoms with van der Waals surface area (Å²) in [4.78, 5) is 0. The number of aromatic nitrogens is 2. The lowest BCUT2D eigenvalue weighted by molar-refractivity contribution is 0.300. The van der Waals surface area contributed by atoms with E-state index in [9.17, 15) is 0 Å². The van der Waals surface area contributed by atoms with E-state index in [1.165, 1.54) is 25.7 Å². The van der Waals surface area contributed by atoms with Crippen LogP contribution in [0.25, 0.3) is 0 Å². The zero-order chi connectivity index (χ0) is 13.1. The standard InChI is InChI=1S/C14H26N4/c1-4-18-14(13(15)11(3)17-18)16-9-12-7-5-10(2)6-8-12/h10,12,16H,4-9,15H2,1-3H3. The number of nitrogens with two attached hydrogens (primary N) is 1. The highest BCUT2D eigenvalue weighted by molar-refractivity contribution is 5.64. The van der Waals surface area contributed by atoms with Crippen molar-refractivity contribution < 1.29 is 0 Å². The van der Waals surface area contributed by atoms with E-state index in [0.29, 0.717) is 0 Å². The minimum Gasteiger partial charge on any atom is -0.394 e. The van der Waals surface area contributed by atoms with E-state index in [0.717, 1.165) is 42.1 Å². The Hall–Kier alpha value is -1.19. The predicted octanol–water partition coefficient (Wildman–Crippen LogP) is 3.03. The molecule has 0 aromatic carbocycles. The quantitative estimate of drug-likeness (QED) is 0.863. The van der Waals surface area contributed by atoms with Gasteiger partial charge in [-0.1, -0.05) is 19.8 Å². The van der Waals surface area contributed by atoms with E-state index in [1.807, 2.05) is 11.6 Å². The normalized spacial score (nSPS) is 24.2. The average molecular weight is 250 g/mol. The molecule has 18 heavy (non-hydrogen) atoms. The highest BCUT2D eigenvalue weighted by atomic mass is 15.3. The molecule has 0 spiro atoms. The largest absolute Gasteiger partial charge is 0.394 e. The maximum atomic E-state index is 6.07. The van der Waals surface area contributed by atoms with E-state index in [1.54, 1.807) is 0 Å². The van der Waals surface area contributed by atoms with Gasteiger partial charge in [0.15, 0.2) is 0 Å². The SMILES string of the molecule is CCn1nc(C)c(N)c1NCC1CCC(C)CC1. The highest BCUT2D eigenvalue weighted by Crippen LogP contribution is 2.29. The molecule has 1 aliphatic rings. The van der Waals surface area contributed by atoms with Crippen molar-refractivity contribution in [2.24, 2.45) is 11.8 Å². The van der Waals surface area contributed by atoms with Gasteiger partial charge in [0.2, 0.25) is 0 Å². The number of hydrogen-bond acceptors (Lipinski definition) is 3. The summed E-state index contributed by atoms with van der Waals surface area (Å²) in [6, 6.07) is 0. The first-order chi connectivity index (χ1) is 8.61. The lowest BCUT2D eigenvalue weighted by atomic mass is 9.83. The van der Waals surface area contributed by atoms with E-state index in [4.69, 9.17) is 5.73 Å². The van der Waals surface area contributed by atoms with Crippen LogP contribution in [0.2, 0.25) is 0 Å². The molecular weight excluding hydrogens is 224 g/mol. The lowest BCUT2D eigenvalue weighted by Gasteiger charge is -2.26. The summed E-state index contributed by atoms with van der Waals surface area (Å²) >= 11 is 0. The third kappa shape index (κ3) is 2.79. The van der Waals surface area contributed by atoms with Gasteiger partial charge in [0.1, 0.15) is 5.82 Å². The van der Waals surface area contributed by atoms with Crippen LogP contribution in [0.15, 0.2) is 0 Å². The molecule has 1 saturated carbocycles. The summed E-state index contributed by atoms with van der Waals surface area (Å²) in [5.74, 6) is 2.71. The minimum absolute atomic E-state index is 0.793. The number of nitrogens with zero attached hydrogens (tertiary/aromatic N) is 2. The average Bonchev–Trinajstić information content (AvgIpc) is 2.65. The van der Waals surface area contributed by atoms with Gasteiger partial charge < -0.3 is 11.1 Å². The molecule has 1 fully saturated rings. The van der Waals surface area contributed by atoms with Crippen molar-refractivity contribution in [1.29, 1.82) is 0 Å². The van der Waals surface area contributed by atoms with E-state index < -0.39 is 0 Å². The zero-order valence-corrected chi connectivity index (χ0v) is 11.9. The van der Waals surface area contributed by atoms with Crippen molar-refractivity contribution in [1.82, 2.24) is 9.78 Å². The topological polar surface area (TPSA) is 55.9 Å². The molecule has 0 unspecified atom stereocenters. The third-order valence-corrected chi connectivity index (χ3v) is 4.17. The first-order valence-electron chi connectivity index (χ1n) is 7.18. The van der Waals surface area contributed by atoms with Crippen molar-refractivity contribution in [2.45, 2.75) is 53.0 Å². The second-order valence-corrected chi connectivity index (χ2v) is 5.67. The first kappa shape index (κ1) is 13.2. The molecule has 0 radical (unpaired) electrons. The van der Waals surface area contributed by atoms with Crippen LogP contribution in [0.5, 0.6) is 0 Å². The van der Waals surface area contributed by atoms with Gasteiger partial charge in [0.25, 0.3) is 0 Å². The Morgan fingerprint density at radius 2 is 2.00 bits per heavy atom. The fourth-order valence-electron chi connectivity index (χ4n) is 2.78. The number of aryl methyl sites for hydroxylation is 2. The minimum atomic E-state index is 0.793. The van der Waals surface area contributed by atoms with Gasteiger partial charge in [-0.15, -0.1) is 0 Å². The number of nitrogens with one attached hydrogen (secondary N) is 1. The molecule has 4 heteroatoms. The van der Waals surface area contributed by atoms with Crippen LogP contribution in [0.1, 0.15) is 45.2 Å². The van der Waals surface area contributed by atoms with Crippen LogP contribution in [0, 0.1) is 18.8 Å². The number of hydrogen-bond donors (Lipinski definition) is 2. The molecule has 0 atom stereocenters. The monoisotopic (exact) mass is 250 g/mol. The number of rotatable bonds is 4. The van der Waals surface area contributed by atoms with E-state index in [-0.39, 0.29) is 0 Å². The molecule has 3 N–H and O–H groups in total. The highest BCUT2D eigenvalue weighted by Gasteiger charge is 2.19. The number of anilines is 2. The fraction of sp³-hybridized carbons (Fsp3) is 0.786. The van der Waals surface area contributed by atoms with Crippen LogP contribution in [-0.2, 0) is 6.54 Å². The van der Waals surface area contributed by atoms with E-state index >= 15 is 0 Å². The Morgan fingerprint density at radius 3 is 2.61 bits per heavy atom. The molecule has 0 aliphatic heterocycles. The molecule has 2 rings (SSSR count). The molecule has 1 aromatic rings. The van der Waals surface area contributed by atoms with Crippen LogP contribution in [0.4, 0.5) is 11.5 Å². The summed E-state index contributed by atoms with van der Waals surface area (Å²) in [6.07, 6.45) is 5.42. The van der Waals surface area contributed by atoms with Crippen molar-refractivity contribution in [3.63, 3.8) is 0 Å². The Kier molecular flexibility index (Phi) is 4.15. The summed E-state index contributed by atoms with van der Waals surface area (Å²) in [7, 11) is 0. The Balaban J connectivity index is 1.93. The predicted molar refractivity (Wildman–Crippen MR) is 76.7 cm³/mol. The second kappa shape index (κ2) is 5.63. The van der Waals surface area contributed by atoms with Gasteiger partial charge in [-0.05, 0) is 38.5 Å². The smallest absolute Gasteiger partial charge is 0.148 e. The second-order valence-electron chi connectivity index (χ2n) is 5.67. The van der Waals surface area contributed by atoms with Crippen molar-refractivity contribution >= 4 is 11.5 Å². The maximum absolute atomic E-state index is 6.07. The van der Waals surface area contributed by atoms with Gasteiger partial charge in [0, 0.05) is 13.1 Å². The van der Waals surface area contributed by atoms with Crippen molar-refractivity contribution in [3.05, 3.63) is 5.69 Å². The summed E-state index contributed by atoms with van der Waals surface area (Å²) < 4.78 is 1.97. The zero-order valence-electron chi connectivity index (χ0n) is 11.9. The molecular formula is C14H26N4. The molecule has 0 saturated heterocycles. The fourth-order valence-corrected chi connectivity index (χ4v) is 2.78. The molecule has 0 amide bonds. The molecule has 0 bridgehead atoms. The van der Waals surface area contributed by atoms with Gasteiger partial charge >= 0.3 is 0 Å². The molecule has 1 aliphatic carbocycles. The van der Waals surface area contributed by atoms with E-state index in [2.05, 4.69) is 24.3 Å². The Morgan fingerprint density at radius 1 is 1.33 bits per heavy atom. The summed E-state index contributed by atoms with van der Waals surface area (Å²) in [5, 5.41) is 7.95. The van der Waals surface area contributed by atoms with Crippen LogP contribution in [0.3, 0.4) is 0 Å². The van der Waals surface area contributed by atoms with Crippen molar-refractivity contribution in [2.75, 3.05) is 17.6 Å². The van der Waals surface area contributed by atoms with Crippen LogP contribution < -0.4 is 11.1 Å². The van der Waals surface area contributed by atoms with Gasteiger partial charge in [-0.25, -0.2) is 4.68 Å². The van der Waals surface area contributed by atoms with Gasteiger partial charge in [0.05, 0.1) is 11.4 Å². The third-order valence-electron chi connectivity index (χ3n) is 4.17. The van der Waals surface area contributed by atoms with Gasteiger partial charge in [-0.2, -0.15) is 5.10 Å². The first-order valence-corrected chi connectivity index (χ1v) is 7.18. The molecule has 1 aromatic heterocycles. The molecule has 102 valence electrons. The lowest BCUT2D eigenvalue weighted by Crippen LogP contribution is -2.21. The Labute approximate surface area is 110 Å². The number of nitrogen functional groups attached to an aromatic ring is 1. The summed E-state index contributed by atoms with van der Waals surface area (Å²) in [5.41, 5.74) is 7.80. The molecule has 1 heterocycles. The summed E-state index contributed by atoms with van der Waals surface area (Å²) in [6.45, 7) is 8.32.